The van der Waals surface area contributed by atoms with Crippen LogP contribution in [-0.4, -0.2) is 63.3 Å². The van der Waals surface area contributed by atoms with Crippen molar-refractivity contribution in [3.63, 3.8) is 0 Å². The Morgan fingerprint density at radius 1 is 1.25 bits per heavy atom. The molecule has 0 aliphatic heterocycles. The normalized spacial score (nSPS) is 10.8. The predicted octanol–water partition coefficient (Wildman–Crippen LogP) is 3.34. The average molecular weight is 467 g/mol. The lowest BCUT2D eigenvalue weighted by molar-refractivity contribution is 0.281. The number of rotatable bonds is 10. The fourth-order valence-corrected chi connectivity index (χ4v) is 2.36. The van der Waals surface area contributed by atoms with Crippen molar-refractivity contribution in [1.29, 1.82) is 0 Å². The zero-order valence-electron chi connectivity index (χ0n) is 15.1. The molecule has 24 heavy (non-hydrogen) atoms. The maximum atomic E-state index is 5.76. The highest BCUT2D eigenvalue weighted by atomic mass is 127. The predicted molar refractivity (Wildman–Crippen MR) is 116 cm³/mol. The lowest BCUT2D eigenvalue weighted by Crippen LogP contribution is -2.41. The van der Waals surface area contributed by atoms with Gasteiger partial charge >= 0.3 is 0 Å². The second-order valence-electron chi connectivity index (χ2n) is 5.03. The molecular weight excluding hydrogens is 437 g/mol. The summed E-state index contributed by atoms with van der Waals surface area (Å²) in [4.78, 5) is 6.75. The SMILES string of the molecule is CCNC(=NCCCSC)N(C)CCOc1ccc(OC)cc1.I. The number of likely N-dealkylation sites (N-methyl/N-ethyl adjacent to an activating group) is 1. The van der Waals surface area contributed by atoms with Crippen LogP contribution in [0.25, 0.3) is 0 Å². The summed E-state index contributed by atoms with van der Waals surface area (Å²) in [7, 11) is 3.69. The molecule has 0 saturated heterocycles. The monoisotopic (exact) mass is 467 g/mol. The summed E-state index contributed by atoms with van der Waals surface area (Å²) in [6.07, 6.45) is 3.23. The van der Waals surface area contributed by atoms with Crippen LogP contribution in [-0.2, 0) is 0 Å². The largest absolute Gasteiger partial charge is 0.497 e. The van der Waals surface area contributed by atoms with E-state index in [9.17, 15) is 0 Å². The van der Waals surface area contributed by atoms with Crippen LogP contribution in [0.2, 0.25) is 0 Å². The van der Waals surface area contributed by atoms with Gasteiger partial charge in [0.05, 0.1) is 13.7 Å². The lowest BCUT2D eigenvalue weighted by atomic mass is 10.3. The Labute approximate surface area is 167 Å². The van der Waals surface area contributed by atoms with Crippen LogP contribution >= 0.6 is 35.7 Å². The highest BCUT2D eigenvalue weighted by Crippen LogP contribution is 2.16. The summed E-state index contributed by atoms with van der Waals surface area (Å²) in [6.45, 7) is 5.19. The summed E-state index contributed by atoms with van der Waals surface area (Å²) >= 11 is 1.86. The molecule has 0 bridgehead atoms. The molecule has 0 atom stereocenters. The second-order valence-corrected chi connectivity index (χ2v) is 6.01. The Hall–Kier alpha value is -0.830. The molecule has 0 unspecified atom stereocenters. The number of guanidine groups is 1. The Balaban J connectivity index is 0.00000529. The van der Waals surface area contributed by atoms with Crippen molar-refractivity contribution in [1.82, 2.24) is 10.2 Å². The van der Waals surface area contributed by atoms with Gasteiger partial charge in [-0.25, -0.2) is 0 Å². The highest BCUT2D eigenvalue weighted by Gasteiger charge is 2.05. The molecular formula is C17H30IN3O2S. The van der Waals surface area contributed by atoms with Crippen LogP contribution in [0, 0.1) is 0 Å². The zero-order valence-corrected chi connectivity index (χ0v) is 18.2. The van der Waals surface area contributed by atoms with E-state index < -0.39 is 0 Å². The molecule has 0 aromatic heterocycles. The summed E-state index contributed by atoms with van der Waals surface area (Å²) in [6, 6.07) is 7.63. The molecule has 1 N–H and O–H groups in total. The van der Waals surface area contributed by atoms with Crippen LogP contribution in [0.5, 0.6) is 11.5 Å². The van der Waals surface area contributed by atoms with E-state index in [0.29, 0.717) is 6.61 Å². The molecule has 0 aliphatic rings. The molecule has 7 heteroatoms. The van der Waals surface area contributed by atoms with Gasteiger partial charge in [-0.15, -0.1) is 24.0 Å². The number of nitrogens with one attached hydrogen (secondary N) is 1. The summed E-state index contributed by atoms with van der Waals surface area (Å²) in [5.74, 6) is 3.77. The number of hydrogen-bond acceptors (Lipinski definition) is 4. The van der Waals surface area contributed by atoms with E-state index >= 15 is 0 Å². The van der Waals surface area contributed by atoms with Gasteiger partial charge in [-0.2, -0.15) is 11.8 Å². The van der Waals surface area contributed by atoms with Crippen molar-refractivity contribution < 1.29 is 9.47 Å². The minimum Gasteiger partial charge on any atom is -0.497 e. The first kappa shape index (κ1) is 23.2. The van der Waals surface area contributed by atoms with Crippen molar-refractivity contribution in [3.05, 3.63) is 24.3 Å². The topological polar surface area (TPSA) is 46.1 Å². The van der Waals surface area contributed by atoms with Crippen LogP contribution in [0.3, 0.4) is 0 Å². The smallest absolute Gasteiger partial charge is 0.193 e. The molecule has 0 radical (unpaired) electrons. The Morgan fingerprint density at radius 3 is 2.50 bits per heavy atom. The van der Waals surface area contributed by atoms with E-state index in [0.717, 1.165) is 49.3 Å². The highest BCUT2D eigenvalue weighted by molar-refractivity contribution is 14.0. The van der Waals surface area contributed by atoms with E-state index in [1.165, 1.54) is 0 Å². The fourth-order valence-electron chi connectivity index (χ4n) is 1.94. The first-order valence-corrected chi connectivity index (χ1v) is 9.35. The summed E-state index contributed by atoms with van der Waals surface area (Å²) < 4.78 is 10.9. The van der Waals surface area contributed by atoms with Crippen LogP contribution in [0.1, 0.15) is 13.3 Å². The van der Waals surface area contributed by atoms with Gasteiger partial charge in [0.2, 0.25) is 0 Å². The number of aliphatic imine (C=N–C) groups is 1. The molecule has 138 valence electrons. The third-order valence-electron chi connectivity index (χ3n) is 3.22. The summed E-state index contributed by atoms with van der Waals surface area (Å²) in [5, 5.41) is 3.32. The van der Waals surface area contributed by atoms with E-state index in [-0.39, 0.29) is 24.0 Å². The van der Waals surface area contributed by atoms with Crippen molar-refractivity contribution >= 4 is 41.7 Å². The number of nitrogens with zero attached hydrogens (tertiary/aromatic N) is 2. The summed E-state index contributed by atoms with van der Waals surface area (Å²) in [5.41, 5.74) is 0. The van der Waals surface area contributed by atoms with Gasteiger partial charge in [-0.05, 0) is 49.6 Å². The molecule has 0 saturated carbocycles. The van der Waals surface area contributed by atoms with Crippen LogP contribution in [0.15, 0.2) is 29.3 Å². The Bertz CT molecular complexity index is 458. The maximum absolute atomic E-state index is 5.76. The van der Waals surface area contributed by atoms with E-state index in [1.807, 2.05) is 43.1 Å². The van der Waals surface area contributed by atoms with Crippen molar-refractivity contribution in [2.45, 2.75) is 13.3 Å². The minimum atomic E-state index is 0. The van der Waals surface area contributed by atoms with E-state index in [4.69, 9.17) is 9.47 Å². The number of ether oxygens (including phenoxy) is 2. The van der Waals surface area contributed by atoms with Gasteiger partial charge in [0.25, 0.3) is 0 Å². The van der Waals surface area contributed by atoms with Crippen molar-refractivity contribution in [3.8, 4) is 11.5 Å². The van der Waals surface area contributed by atoms with Gasteiger partial charge in [-0.1, -0.05) is 0 Å². The number of methoxy groups -OCH3 is 1. The molecule has 0 amide bonds. The first-order chi connectivity index (χ1) is 11.2. The quantitative estimate of drug-likeness (QED) is 0.248. The third kappa shape index (κ3) is 9.46. The standard InChI is InChI=1S/C17H29N3O2S.HI/c1-5-18-17(19-11-6-14-23-4)20(2)12-13-22-16-9-7-15(21-3)8-10-16;/h7-10H,5-6,11-14H2,1-4H3,(H,18,19);1H. The molecule has 0 fully saturated rings. The number of benzene rings is 1. The second kappa shape index (κ2) is 14.5. The molecule has 1 aromatic carbocycles. The molecule has 0 aliphatic carbocycles. The Kier molecular flexibility index (Phi) is 14.0. The van der Waals surface area contributed by atoms with Gasteiger partial charge < -0.3 is 19.7 Å². The van der Waals surface area contributed by atoms with E-state index in [1.54, 1.807) is 7.11 Å². The van der Waals surface area contributed by atoms with E-state index in [2.05, 4.69) is 28.4 Å². The molecule has 5 nitrogen and oxygen atoms in total. The lowest BCUT2D eigenvalue weighted by Gasteiger charge is -2.22. The van der Waals surface area contributed by atoms with Crippen molar-refractivity contribution in [2.24, 2.45) is 4.99 Å². The first-order valence-electron chi connectivity index (χ1n) is 7.96. The van der Waals surface area contributed by atoms with Gasteiger partial charge in [0.15, 0.2) is 5.96 Å². The Morgan fingerprint density at radius 2 is 1.92 bits per heavy atom. The zero-order chi connectivity index (χ0) is 16.9. The van der Waals surface area contributed by atoms with Gasteiger partial charge in [0, 0.05) is 20.1 Å². The minimum absolute atomic E-state index is 0. The number of thioether (sulfide) groups is 1. The van der Waals surface area contributed by atoms with Gasteiger partial charge in [0.1, 0.15) is 18.1 Å². The molecule has 1 rings (SSSR count). The fraction of sp³-hybridized carbons (Fsp3) is 0.588. The average Bonchev–Trinajstić information content (AvgIpc) is 2.58. The van der Waals surface area contributed by atoms with Crippen LogP contribution < -0.4 is 14.8 Å². The third-order valence-corrected chi connectivity index (χ3v) is 3.92. The molecule has 0 heterocycles. The maximum Gasteiger partial charge on any atom is 0.193 e. The molecule has 1 aromatic rings. The number of hydrogen-bond donors (Lipinski definition) is 1. The van der Waals surface area contributed by atoms with Gasteiger partial charge in [-0.3, -0.25) is 4.99 Å². The number of halogens is 1. The van der Waals surface area contributed by atoms with Crippen LogP contribution in [0.4, 0.5) is 0 Å². The molecule has 0 spiro atoms. The van der Waals surface area contributed by atoms with Crippen molar-refractivity contribution in [2.75, 3.05) is 52.4 Å².